The van der Waals surface area contributed by atoms with E-state index in [1.165, 1.54) is 17.4 Å². The average Bonchev–Trinajstić information content (AvgIpc) is 2.25. The second-order valence-corrected chi connectivity index (χ2v) is 4.69. The molecule has 0 radical (unpaired) electrons. The molecule has 0 aliphatic rings. The fourth-order valence-electron chi connectivity index (χ4n) is 1.11. The smallest absolute Gasteiger partial charge is 0.240 e. The summed E-state index contributed by atoms with van der Waals surface area (Å²) in [7, 11) is 0. The van der Waals surface area contributed by atoms with E-state index in [4.69, 9.17) is 4.84 Å². The van der Waals surface area contributed by atoms with Crippen LogP contribution in [0.25, 0.3) is 0 Å². The molecule has 0 aliphatic carbocycles. The molecule has 0 saturated carbocycles. The van der Waals surface area contributed by atoms with Gasteiger partial charge in [0.05, 0.1) is 6.61 Å². The predicted molar refractivity (Wildman–Crippen MR) is 66.3 cm³/mol. The van der Waals surface area contributed by atoms with E-state index < -0.39 is 0 Å². The molecule has 1 amide bonds. The monoisotopic (exact) mass is 239 g/mol. The molecule has 0 saturated heterocycles. The molecule has 0 aromatic heterocycles. The summed E-state index contributed by atoms with van der Waals surface area (Å²) < 4.78 is 0. The van der Waals surface area contributed by atoms with Crippen molar-refractivity contribution in [3.63, 3.8) is 0 Å². The molecule has 4 heteroatoms. The molecule has 0 spiro atoms. The largest absolute Gasteiger partial charge is 0.274 e. The Morgan fingerprint density at radius 2 is 2.06 bits per heavy atom. The van der Waals surface area contributed by atoms with Gasteiger partial charge < -0.3 is 0 Å². The zero-order valence-electron chi connectivity index (χ0n) is 9.66. The van der Waals surface area contributed by atoms with Gasteiger partial charge in [-0.25, -0.2) is 5.48 Å². The summed E-state index contributed by atoms with van der Waals surface area (Å²) in [6.07, 6.45) is 0.915. The van der Waals surface area contributed by atoms with Crippen LogP contribution in [0.15, 0.2) is 29.2 Å². The van der Waals surface area contributed by atoms with E-state index in [0.717, 1.165) is 12.2 Å². The van der Waals surface area contributed by atoms with E-state index in [9.17, 15) is 4.79 Å². The van der Waals surface area contributed by atoms with Crippen LogP contribution in [0.5, 0.6) is 0 Å². The summed E-state index contributed by atoms with van der Waals surface area (Å²) >= 11 is 1.80. The highest BCUT2D eigenvalue weighted by Crippen LogP contribution is 2.18. The Labute approximate surface area is 101 Å². The van der Waals surface area contributed by atoms with Gasteiger partial charge in [0.2, 0.25) is 5.91 Å². The van der Waals surface area contributed by atoms with Gasteiger partial charge in [-0.3, -0.25) is 9.63 Å². The molecule has 0 fully saturated rings. The zero-order valence-corrected chi connectivity index (χ0v) is 10.5. The maximum atomic E-state index is 10.5. The summed E-state index contributed by atoms with van der Waals surface area (Å²) in [6, 6.07) is 8.45. The highest BCUT2D eigenvalue weighted by atomic mass is 32.2. The van der Waals surface area contributed by atoms with Crippen molar-refractivity contribution in [1.29, 1.82) is 0 Å². The van der Waals surface area contributed by atoms with E-state index in [2.05, 4.69) is 36.7 Å². The molecule has 1 aromatic rings. The molecule has 1 N–H and O–H groups in total. The minimum absolute atomic E-state index is 0.161. The topological polar surface area (TPSA) is 38.3 Å². The number of amides is 1. The normalized spacial score (nSPS) is 10.1. The maximum absolute atomic E-state index is 10.5. The second kappa shape index (κ2) is 7.30. The minimum Gasteiger partial charge on any atom is -0.274 e. The molecule has 0 atom stereocenters. The Morgan fingerprint density at radius 3 is 2.69 bits per heavy atom. The van der Waals surface area contributed by atoms with Gasteiger partial charge in [0.25, 0.3) is 0 Å². The van der Waals surface area contributed by atoms with Crippen LogP contribution in [-0.2, 0) is 9.63 Å². The lowest BCUT2D eigenvalue weighted by Crippen LogP contribution is -2.20. The first-order chi connectivity index (χ1) is 7.68. The van der Waals surface area contributed by atoms with Crippen LogP contribution < -0.4 is 5.48 Å². The fraction of sp³-hybridized carbons (Fsp3) is 0.417. The van der Waals surface area contributed by atoms with Gasteiger partial charge in [-0.05, 0) is 25.5 Å². The third-order valence-corrected chi connectivity index (χ3v) is 2.99. The van der Waals surface area contributed by atoms with Gasteiger partial charge in [0.1, 0.15) is 0 Å². The SMILES string of the molecule is CC(=O)NOCCCSc1ccc(C)cc1. The van der Waals surface area contributed by atoms with Gasteiger partial charge in [0, 0.05) is 17.6 Å². The second-order valence-electron chi connectivity index (χ2n) is 3.52. The van der Waals surface area contributed by atoms with Gasteiger partial charge in [-0.2, -0.15) is 0 Å². The molecule has 16 heavy (non-hydrogen) atoms. The molecule has 1 aromatic carbocycles. The third kappa shape index (κ3) is 5.78. The summed E-state index contributed by atoms with van der Waals surface area (Å²) in [5, 5.41) is 0. The van der Waals surface area contributed by atoms with Gasteiger partial charge in [-0.15, -0.1) is 11.8 Å². The molecule has 0 heterocycles. The van der Waals surface area contributed by atoms with E-state index in [1.807, 2.05) is 0 Å². The lowest BCUT2D eigenvalue weighted by Gasteiger charge is -2.03. The van der Waals surface area contributed by atoms with Crippen LogP contribution >= 0.6 is 11.8 Å². The van der Waals surface area contributed by atoms with Crippen LogP contribution in [0.4, 0.5) is 0 Å². The number of carbonyl (C=O) groups excluding carboxylic acids is 1. The van der Waals surface area contributed by atoms with E-state index in [0.29, 0.717) is 6.61 Å². The molecule has 0 aliphatic heterocycles. The molecular formula is C12H17NO2S. The summed E-state index contributed by atoms with van der Waals surface area (Å²) in [5.74, 6) is 0.828. The minimum atomic E-state index is -0.161. The predicted octanol–water partition coefficient (Wildman–Crippen LogP) is 2.54. The number of rotatable bonds is 6. The number of nitrogens with one attached hydrogen (secondary N) is 1. The lowest BCUT2D eigenvalue weighted by molar-refractivity contribution is -0.131. The first-order valence-corrected chi connectivity index (χ1v) is 6.25. The molecule has 1 rings (SSSR count). The quantitative estimate of drug-likeness (QED) is 0.471. The number of carbonyl (C=O) groups is 1. The Kier molecular flexibility index (Phi) is 5.96. The molecule has 3 nitrogen and oxygen atoms in total. The average molecular weight is 239 g/mol. The van der Waals surface area contributed by atoms with Crippen molar-refractivity contribution >= 4 is 17.7 Å². The summed E-state index contributed by atoms with van der Waals surface area (Å²) in [6.45, 7) is 4.06. The zero-order chi connectivity index (χ0) is 11.8. The van der Waals surface area contributed by atoms with Crippen LogP contribution in [0.2, 0.25) is 0 Å². The van der Waals surface area contributed by atoms with Crippen molar-refractivity contribution in [2.75, 3.05) is 12.4 Å². The van der Waals surface area contributed by atoms with E-state index in [-0.39, 0.29) is 5.91 Å². The first-order valence-electron chi connectivity index (χ1n) is 5.26. The number of hydrogen-bond donors (Lipinski definition) is 1. The van der Waals surface area contributed by atoms with Crippen molar-refractivity contribution in [2.45, 2.75) is 25.2 Å². The molecular weight excluding hydrogens is 222 g/mol. The summed E-state index contributed by atoms with van der Waals surface area (Å²) in [4.78, 5) is 16.7. The standard InChI is InChI=1S/C12H17NO2S/c1-10-4-6-12(7-5-10)16-9-3-8-15-13-11(2)14/h4-7H,3,8-9H2,1-2H3,(H,13,14). The number of hydrogen-bond acceptors (Lipinski definition) is 3. The number of aryl methyl sites for hydroxylation is 1. The van der Waals surface area contributed by atoms with Crippen LogP contribution in [0, 0.1) is 6.92 Å². The maximum Gasteiger partial charge on any atom is 0.240 e. The van der Waals surface area contributed by atoms with Gasteiger partial charge in [-0.1, -0.05) is 17.7 Å². The van der Waals surface area contributed by atoms with E-state index in [1.54, 1.807) is 11.8 Å². The Balaban J connectivity index is 2.07. The van der Waals surface area contributed by atoms with Crippen LogP contribution in [0.3, 0.4) is 0 Å². The summed E-state index contributed by atoms with van der Waals surface area (Å²) in [5.41, 5.74) is 3.58. The van der Waals surface area contributed by atoms with Gasteiger partial charge >= 0.3 is 0 Å². The molecule has 0 unspecified atom stereocenters. The van der Waals surface area contributed by atoms with Crippen molar-refractivity contribution in [2.24, 2.45) is 0 Å². The van der Waals surface area contributed by atoms with Crippen molar-refractivity contribution in [3.8, 4) is 0 Å². The Hall–Kier alpha value is -1.00. The lowest BCUT2D eigenvalue weighted by atomic mass is 10.2. The van der Waals surface area contributed by atoms with Crippen LogP contribution in [0.1, 0.15) is 18.9 Å². The number of benzene rings is 1. The Morgan fingerprint density at radius 1 is 1.38 bits per heavy atom. The number of hydroxylamine groups is 1. The number of thioether (sulfide) groups is 1. The van der Waals surface area contributed by atoms with Crippen molar-refractivity contribution in [3.05, 3.63) is 29.8 Å². The van der Waals surface area contributed by atoms with Crippen molar-refractivity contribution < 1.29 is 9.63 Å². The Bertz CT molecular complexity index is 324. The fourth-order valence-corrected chi connectivity index (χ4v) is 1.93. The highest BCUT2D eigenvalue weighted by molar-refractivity contribution is 7.99. The van der Waals surface area contributed by atoms with E-state index >= 15 is 0 Å². The highest BCUT2D eigenvalue weighted by Gasteiger charge is 1.95. The van der Waals surface area contributed by atoms with Crippen LogP contribution in [-0.4, -0.2) is 18.3 Å². The molecule has 88 valence electrons. The first kappa shape index (κ1) is 13.1. The van der Waals surface area contributed by atoms with Crippen molar-refractivity contribution in [1.82, 2.24) is 5.48 Å². The van der Waals surface area contributed by atoms with Gasteiger partial charge in [0.15, 0.2) is 0 Å². The molecule has 0 bridgehead atoms. The third-order valence-electron chi connectivity index (χ3n) is 1.90.